The Morgan fingerprint density at radius 1 is 1.29 bits per heavy atom. The summed E-state index contributed by atoms with van der Waals surface area (Å²) in [5, 5.41) is 25.7. The van der Waals surface area contributed by atoms with E-state index in [-0.39, 0.29) is 18.3 Å². The molecule has 8 nitrogen and oxygen atoms in total. The third-order valence-electron chi connectivity index (χ3n) is 6.89. The smallest absolute Gasteiger partial charge is 0.303 e. The Labute approximate surface area is 210 Å². The average Bonchev–Trinajstić information content (AvgIpc) is 3.38. The van der Waals surface area contributed by atoms with Gasteiger partial charge in [0, 0.05) is 42.7 Å². The first-order chi connectivity index (χ1) is 17.0. The van der Waals surface area contributed by atoms with E-state index in [2.05, 4.69) is 15.0 Å². The van der Waals surface area contributed by atoms with Crippen LogP contribution in [0.4, 0.5) is 0 Å². The van der Waals surface area contributed by atoms with Crippen LogP contribution in [0.3, 0.4) is 0 Å². The fourth-order valence-electron chi connectivity index (χ4n) is 5.06. The molecule has 4 rings (SSSR count). The van der Waals surface area contributed by atoms with Gasteiger partial charge in [-0.1, -0.05) is 0 Å². The van der Waals surface area contributed by atoms with Crippen LogP contribution < -0.4 is 4.74 Å². The molecule has 2 N–H and O–H groups in total. The number of carbonyl (C=O) groups is 1. The Balaban J connectivity index is 1.32. The van der Waals surface area contributed by atoms with E-state index < -0.39 is 12.1 Å². The summed E-state index contributed by atoms with van der Waals surface area (Å²) < 4.78 is 7.22. The number of carboxylic acids is 1. The summed E-state index contributed by atoms with van der Waals surface area (Å²) in [7, 11) is 1.63. The standard InChI is InChI=1S/C26H34N4O4S/c1-34-21-5-6-24-23(17-21)22(8-11-27-24)25(31)7-4-19-9-14-29(18-20(19)16-26(32)33)12-3-15-35-30-13-2-10-28-30/h2,5-6,8,10-11,13,17,19-20,25,31H,3-4,7,9,12,14-16,18H2,1H3,(H,32,33)/t19-,20+,25?/m1/s1. The molecule has 1 aliphatic heterocycles. The maximum Gasteiger partial charge on any atom is 0.303 e. The van der Waals surface area contributed by atoms with Crippen LogP contribution in [-0.2, 0) is 4.79 Å². The molecule has 2 aromatic heterocycles. The van der Waals surface area contributed by atoms with E-state index in [0.717, 1.165) is 66.9 Å². The second kappa shape index (κ2) is 12.4. The topological polar surface area (TPSA) is 101 Å². The van der Waals surface area contributed by atoms with Crippen molar-refractivity contribution in [1.29, 1.82) is 0 Å². The van der Waals surface area contributed by atoms with E-state index >= 15 is 0 Å². The highest BCUT2D eigenvalue weighted by molar-refractivity contribution is 7.97. The molecule has 0 spiro atoms. The third kappa shape index (κ3) is 6.96. The second-order valence-corrected chi connectivity index (χ2v) is 10.2. The lowest BCUT2D eigenvalue weighted by Crippen LogP contribution is -2.42. The van der Waals surface area contributed by atoms with Gasteiger partial charge in [0.2, 0.25) is 0 Å². The highest BCUT2D eigenvalue weighted by Crippen LogP contribution is 2.34. The first-order valence-corrected chi connectivity index (χ1v) is 13.2. The van der Waals surface area contributed by atoms with Crippen molar-refractivity contribution in [3.63, 3.8) is 0 Å². The maximum absolute atomic E-state index is 11.6. The number of hydrogen-bond acceptors (Lipinski definition) is 7. The van der Waals surface area contributed by atoms with Gasteiger partial charge in [-0.15, -0.1) is 0 Å². The molecule has 1 fully saturated rings. The van der Waals surface area contributed by atoms with Crippen molar-refractivity contribution in [1.82, 2.24) is 19.1 Å². The number of pyridine rings is 1. The van der Waals surface area contributed by atoms with Crippen molar-refractivity contribution in [2.75, 3.05) is 32.5 Å². The highest BCUT2D eigenvalue weighted by atomic mass is 32.2. The van der Waals surface area contributed by atoms with Crippen LogP contribution in [0, 0.1) is 11.8 Å². The molecular formula is C26H34N4O4S. The number of aliphatic carboxylic acids is 1. The maximum atomic E-state index is 11.6. The average molecular weight is 499 g/mol. The van der Waals surface area contributed by atoms with Gasteiger partial charge in [-0.25, -0.2) is 4.09 Å². The molecule has 0 aliphatic carbocycles. The number of piperidine rings is 1. The number of rotatable bonds is 12. The third-order valence-corrected chi connectivity index (χ3v) is 7.84. The fourth-order valence-corrected chi connectivity index (χ4v) is 5.79. The zero-order chi connectivity index (χ0) is 24.6. The monoisotopic (exact) mass is 498 g/mol. The van der Waals surface area contributed by atoms with Crippen molar-refractivity contribution >= 4 is 28.8 Å². The number of fused-ring (bicyclic) bond motifs is 1. The van der Waals surface area contributed by atoms with Crippen LogP contribution in [0.15, 0.2) is 48.9 Å². The molecule has 0 saturated carbocycles. The zero-order valence-electron chi connectivity index (χ0n) is 20.1. The van der Waals surface area contributed by atoms with Gasteiger partial charge in [-0.05, 0) is 98.5 Å². The highest BCUT2D eigenvalue weighted by Gasteiger charge is 2.31. The first-order valence-electron chi connectivity index (χ1n) is 12.2. The molecule has 35 heavy (non-hydrogen) atoms. The van der Waals surface area contributed by atoms with Crippen LogP contribution in [-0.4, -0.2) is 67.7 Å². The van der Waals surface area contributed by atoms with Crippen LogP contribution in [0.1, 0.15) is 43.8 Å². The van der Waals surface area contributed by atoms with Gasteiger partial charge in [0.25, 0.3) is 0 Å². The molecule has 1 saturated heterocycles. The summed E-state index contributed by atoms with van der Waals surface area (Å²) >= 11 is 1.68. The van der Waals surface area contributed by atoms with E-state index in [1.807, 2.05) is 40.6 Å². The molecule has 1 unspecified atom stereocenters. The lowest BCUT2D eigenvalue weighted by molar-refractivity contribution is -0.139. The quantitative estimate of drug-likeness (QED) is 0.358. The minimum absolute atomic E-state index is 0.0986. The fraction of sp³-hybridized carbons (Fsp3) is 0.500. The van der Waals surface area contributed by atoms with Crippen molar-refractivity contribution < 1.29 is 19.7 Å². The first kappa shape index (κ1) is 25.5. The van der Waals surface area contributed by atoms with Crippen LogP contribution in [0.5, 0.6) is 5.75 Å². The summed E-state index contributed by atoms with van der Waals surface area (Å²) in [5.74, 6) is 1.35. The summed E-state index contributed by atoms with van der Waals surface area (Å²) in [6.07, 6.45) is 8.38. The number of aliphatic hydroxyl groups excluding tert-OH is 1. The van der Waals surface area contributed by atoms with Crippen LogP contribution >= 0.6 is 11.9 Å². The van der Waals surface area contributed by atoms with Crippen LogP contribution in [0.25, 0.3) is 10.9 Å². The normalized spacial score (nSPS) is 19.6. The molecular weight excluding hydrogens is 464 g/mol. The number of benzene rings is 1. The van der Waals surface area contributed by atoms with Crippen molar-refractivity contribution in [3.8, 4) is 5.75 Å². The Morgan fingerprint density at radius 2 is 2.17 bits per heavy atom. The van der Waals surface area contributed by atoms with Crippen molar-refractivity contribution in [2.24, 2.45) is 11.8 Å². The van der Waals surface area contributed by atoms with Crippen LogP contribution in [0.2, 0.25) is 0 Å². The molecule has 0 amide bonds. The van der Waals surface area contributed by atoms with E-state index in [1.54, 1.807) is 31.5 Å². The SMILES string of the molecule is COc1ccc2nccc(C(O)CC[C@@H]3CCN(CCCSn4cccn4)C[C@@H]3CC(=O)O)c2c1. The van der Waals surface area contributed by atoms with Gasteiger partial charge in [0.15, 0.2) is 0 Å². The number of hydrogen-bond donors (Lipinski definition) is 2. The zero-order valence-corrected chi connectivity index (χ0v) is 20.9. The van der Waals surface area contributed by atoms with Gasteiger partial charge < -0.3 is 19.8 Å². The van der Waals surface area contributed by atoms with Gasteiger partial charge in [-0.3, -0.25) is 9.78 Å². The Kier molecular flexibility index (Phi) is 9.01. The molecule has 3 aromatic rings. The second-order valence-electron chi connectivity index (χ2n) is 9.18. The Morgan fingerprint density at radius 3 is 2.94 bits per heavy atom. The van der Waals surface area contributed by atoms with Gasteiger partial charge in [-0.2, -0.15) is 5.10 Å². The number of methoxy groups -OCH3 is 1. The summed E-state index contributed by atoms with van der Waals surface area (Å²) in [5.41, 5.74) is 1.67. The predicted octanol–water partition coefficient (Wildman–Crippen LogP) is 4.25. The molecule has 1 aromatic carbocycles. The van der Waals surface area contributed by atoms with Gasteiger partial charge in [0.1, 0.15) is 5.75 Å². The van der Waals surface area contributed by atoms with E-state index in [0.29, 0.717) is 6.42 Å². The van der Waals surface area contributed by atoms with Crippen molar-refractivity contribution in [3.05, 3.63) is 54.5 Å². The molecule has 1 aliphatic rings. The summed E-state index contributed by atoms with van der Waals surface area (Å²) in [4.78, 5) is 18.4. The lowest BCUT2D eigenvalue weighted by Gasteiger charge is -2.38. The summed E-state index contributed by atoms with van der Waals surface area (Å²) in [6, 6.07) is 9.46. The predicted molar refractivity (Wildman–Crippen MR) is 137 cm³/mol. The molecule has 188 valence electrons. The van der Waals surface area contributed by atoms with E-state index in [4.69, 9.17) is 4.74 Å². The number of likely N-dealkylation sites (tertiary alicyclic amines) is 1. The molecule has 3 heterocycles. The Bertz CT molecular complexity index is 1090. The molecule has 3 atom stereocenters. The largest absolute Gasteiger partial charge is 0.497 e. The number of ether oxygens (including phenoxy) is 1. The lowest BCUT2D eigenvalue weighted by atomic mass is 9.79. The minimum Gasteiger partial charge on any atom is -0.497 e. The molecule has 0 bridgehead atoms. The minimum atomic E-state index is -0.746. The molecule has 9 heteroatoms. The number of nitrogens with zero attached hydrogens (tertiary/aromatic N) is 4. The summed E-state index contributed by atoms with van der Waals surface area (Å²) in [6.45, 7) is 2.73. The Hall–Kier alpha value is -2.62. The molecule has 0 radical (unpaired) electrons. The number of aromatic nitrogens is 3. The van der Waals surface area contributed by atoms with E-state index in [9.17, 15) is 15.0 Å². The number of aliphatic hydroxyl groups is 1. The number of carboxylic acid groups (broad SMARTS) is 1. The van der Waals surface area contributed by atoms with Gasteiger partial charge >= 0.3 is 5.97 Å². The van der Waals surface area contributed by atoms with E-state index in [1.165, 1.54) is 0 Å². The van der Waals surface area contributed by atoms with Gasteiger partial charge in [0.05, 0.1) is 18.7 Å². The van der Waals surface area contributed by atoms with Crippen molar-refractivity contribution in [2.45, 2.75) is 38.2 Å².